The second-order valence-corrected chi connectivity index (χ2v) is 9.66. The van der Waals surface area contributed by atoms with Gasteiger partial charge in [-0.05, 0) is 66.6 Å². The standard InChI is InChI=1S/C30H27N5O3S/c1-2-27(30(38)33-23-13-16-31-17-14-23)39-25-12-6-11-24(19-25)34-29(37)26(18-21-8-7-15-32-20-21)35-28(36)22-9-4-3-5-10-22/h3-20,27H,2H2,1H3,(H,34,37)(H,35,36)(H,31,33,38)/b26-18-. The van der Waals surface area contributed by atoms with Crippen molar-refractivity contribution in [3.63, 3.8) is 0 Å². The van der Waals surface area contributed by atoms with Crippen LogP contribution in [-0.4, -0.2) is 32.9 Å². The van der Waals surface area contributed by atoms with Gasteiger partial charge >= 0.3 is 0 Å². The lowest BCUT2D eigenvalue weighted by Crippen LogP contribution is -2.30. The van der Waals surface area contributed by atoms with Crippen LogP contribution < -0.4 is 16.0 Å². The molecule has 0 fully saturated rings. The summed E-state index contributed by atoms with van der Waals surface area (Å²) in [7, 11) is 0. The predicted octanol–water partition coefficient (Wildman–Crippen LogP) is 5.40. The average Bonchev–Trinajstić information content (AvgIpc) is 2.97. The predicted molar refractivity (Wildman–Crippen MR) is 154 cm³/mol. The molecule has 9 heteroatoms. The van der Waals surface area contributed by atoms with Gasteiger partial charge in [-0.15, -0.1) is 11.8 Å². The van der Waals surface area contributed by atoms with Crippen molar-refractivity contribution in [2.45, 2.75) is 23.5 Å². The first kappa shape index (κ1) is 27.3. The van der Waals surface area contributed by atoms with E-state index in [1.807, 2.05) is 19.1 Å². The molecule has 196 valence electrons. The zero-order valence-corrected chi connectivity index (χ0v) is 22.0. The Bertz CT molecular complexity index is 1450. The van der Waals surface area contributed by atoms with Crippen molar-refractivity contribution in [3.05, 3.63) is 120 Å². The van der Waals surface area contributed by atoms with Crippen molar-refractivity contribution in [2.24, 2.45) is 0 Å². The molecule has 0 spiro atoms. The van der Waals surface area contributed by atoms with Gasteiger partial charge in [-0.25, -0.2) is 0 Å². The van der Waals surface area contributed by atoms with E-state index in [2.05, 4.69) is 25.9 Å². The van der Waals surface area contributed by atoms with Gasteiger partial charge in [0.25, 0.3) is 11.8 Å². The maximum Gasteiger partial charge on any atom is 0.272 e. The summed E-state index contributed by atoms with van der Waals surface area (Å²) in [5.74, 6) is -1.02. The summed E-state index contributed by atoms with van der Waals surface area (Å²) in [6, 6.07) is 22.9. The fourth-order valence-electron chi connectivity index (χ4n) is 3.56. The highest BCUT2D eigenvalue weighted by molar-refractivity contribution is 8.00. The Morgan fingerprint density at radius 3 is 2.36 bits per heavy atom. The molecule has 0 bridgehead atoms. The van der Waals surface area contributed by atoms with Gasteiger partial charge in [-0.2, -0.15) is 0 Å². The zero-order valence-electron chi connectivity index (χ0n) is 21.2. The smallest absolute Gasteiger partial charge is 0.272 e. The molecule has 2 aromatic carbocycles. The number of pyridine rings is 2. The monoisotopic (exact) mass is 537 g/mol. The Morgan fingerprint density at radius 2 is 1.64 bits per heavy atom. The number of aromatic nitrogens is 2. The van der Waals surface area contributed by atoms with Crippen molar-refractivity contribution < 1.29 is 14.4 Å². The lowest BCUT2D eigenvalue weighted by atomic mass is 10.2. The summed E-state index contributed by atoms with van der Waals surface area (Å²) < 4.78 is 0. The molecule has 1 unspecified atom stereocenters. The van der Waals surface area contributed by atoms with Crippen LogP contribution in [0.4, 0.5) is 11.4 Å². The van der Waals surface area contributed by atoms with Crippen LogP contribution in [0.25, 0.3) is 6.08 Å². The van der Waals surface area contributed by atoms with E-state index in [1.165, 1.54) is 11.8 Å². The summed E-state index contributed by atoms with van der Waals surface area (Å²) >= 11 is 1.40. The SMILES string of the molecule is CCC(Sc1cccc(NC(=O)/C(=C/c2cccnc2)NC(=O)c2ccccc2)c1)C(=O)Nc1ccncc1. The van der Waals surface area contributed by atoms with Crippen molar-refractivity contribution in [2.75, 3.05) is 10.6 Å². The fraction of sp³-hybridized carbons (Fsp3) is 0.100. The summed E-state index contributed by atoms with van der Waals surface area (Å²) in [4.78, 5) is 47.8. The van der Waals surface area contributed by atoms with Gasteiger partial charge < -0.3 is 16.0 Å². The molecule has 2 heterocycles. The van der Waals surface area contributed by atoms with E-state index in [0.717, 1.165) is 4.90 Å². The van der Waals surface area contributed by atoms with E-state index in [4.69, 9.17) is 0 Å². The number of amides is 3. The zero-order chi connectivity index (χ0) is 27.5. The Hall–Kier alpha value is -4.76. The normalized spacial score (nSPS) is 11.8. The van der Waals surface area contributed by atoms with Crippen LogP contribution >= 0.6 is 11.8 Å². The summed E-state index contributed by atoms with van der Waals surface area (Å²) in [6.45, 7) is 1.94. The van der Waals surface area contributed by atoms with Crippen molar-refractivity contribution in [1.29, 1.82) is 0 Å². The van der Waals surface area contributed by atoms with E-state index in [9.17, 15) is 14.4 Å². The lowest BCUT2D eigenvalue weighted by molar-refractivity contribution is -0.116. The van der Waals surface area contributed by atoms with Gasteiger partial charge in [0.1, 0.15) is 5.70 Å². The molecular formula is C30H27N5O3S. The van der Waals surface area contributed by atoms with Crippen LogP contribution in [0.15, 0.2) is 114 Å². The second kappa shape index (κ2) is 13.7. The number of nitrogens with one attached hydrogen (secondary N) is 3. The van der Waals surface area contributed by atoms with Gasteiger partial charge in [0.05, 0.1) is 5.25 Å². The summed E-state index contributed by atoms with van der Waals surface area (Å²) in [6.07, 6.45) is 8.65. The van der Waals surface area contributed by atoms with Gasteiger partial charge in [0, 0.05) is 46.6 Å². The first-order chi connectivity index (χ1) is 19.0. The number of benzene rings is 2. The molecule has 1 atom stereocenters. The highest BCUT2D eigenvalue weighted by Gasteiger charge is 2.19. The molecule has 8 nitrogen and oxygen atoms in total. The van der Waals surface area contributed by atoms with Crippen LogP contribution in [0.3, 0.4) is 0 Å². The minimum atomic E-state index is -0.493. The molecule has 3 N–H and O–H groups in total. The minimum Gasteiger partial charge on any atom is -0.325 e. The molecule has 39 heavy (non-hydrogen) atoms. The molecule has 4 aromatic rings. The molecule has 0 aliphatic heterocycles. The van der Waals surface area contributed by atoms with Crippen molar-refractivity contribution >= 4 is 46.9 Å². The number of carbonyl (C=O) groups excluding carboxylic acids is 3. The third-order valence-corrected chi connectivity index (χ3v) is 6.86. The van der Waals surface area contributed by atoms with E-state index < -0.39 is 11.8 Å². The molecule has 4 rings (SSSR count). The maximum absolute atomic E-state index is 13.3. The molecule has 0 aliphatic rings. The van der Waals surface area contributed by atoms with Crippen LogP contribution in [0.5, 0.6) is 0 Å². The minimum absolute atomic E-state index is 0.0677. The van der Waals surface area contributed by atoms with E-state index >= 15 is 0 Å². The van der Waals surface area contributed by atoms with Gasteiger partial charge in [-0.1, -0.05) is 37.3 Å². The molecule has 0 aliphatic carbocycles. The van der Waals surface area contributed by atoms with Crippen LogP contribution in [0, 0.1) is 0 Å². The number of anilines is 2. The van der Waals surface area contributed by atoms with Gasteiger partial charge in [-0.3, -0.25) is 24.4 Å². The van der Waals surface area contributed by atoms with E-state index in [-0.39, 0.29) is 16.9 Å². The quantitative estimate of drug-likeness (QED) is 0.185. The van der Waals surface area contributed by atoms with Crippen LogP contribution in [0.2, 0.25) is 0 Å². The van der Waals surface area contributed by atoms with Gasteiger partial charge in [0.2, 0.25) is 5.91 Å². The maximum atomic E-state index is 13.3. The first-order valence-electron chi connectivity index (χ1n) is 12.3. The Kier molecular flexibility index (Phi) is 9.57. The molecule has 0 saturated carbocycles. The molecule has 0 radical (unpaired) electrons. The first-order valence-corrected chi connectivity index (χ1v) is 13.2. The third-order valence-electron chi connectivity index (χ3n) is 5.51. The highest BCUT2D eigenvalue weighted by atomic mass is 32.2. The van der Waals surface area contributed by atoms with Gasteiger partial charge in [0.15, 0.2) is 0 Å². The number of thioether (sulfide) groups is 1. The molecular weight excluding hydrogens is 510 g/mol. The van der Waals surface area contributed by atoms with Crippen molar-refractivity contribution in [1.82, 2.24) is 15.3 Å². The number of carbonyl (C=O) groups is 3. The van der Waals surface area contributed by atoms with E-state index in [1.54, 1.807) is 97.6 Å². The summed E-state index contributed by atoms with van der Waals surface area (Å²) in [5, 5.41) is 8.14. The van der Waals surface area contributed by atoms with Crippen LogP contribution in [-0.2, 0) is 9.59 Å². The Balaban J connectivity index is 1.48. The lowest BCUT2D eigenvalue weighted by Gasteiger charge is -2.16. The summed E-state index contributed by atoms with van der Waals surface area (Å²) in [5.41, 5.74) is 2.36. The molecule has 3 amide bonds. The fourth-order valence-corrected chi connectivity index (χ4v) is 4.57. The molecule has 2 aromatic heterocycles. The van der Waals surface area contributed by atoms with E-state index in [0.29, 0.717) is 28.9 Å². The number of nitrogens with zero attached hydrogens (tertiary/aromatic N) is 2. The number of hydrogen-bond acceptors (Lipinski definition) is 6. The highest BCUT2D eigenvalue weighted by Crippen LogP contribution is 2.28. The average molecular weight is 538 g/mol. The largest absolute Gasteiger partial charge is 0.325 e. The second-order valence-electron chi connectivity index (χ2n) is 8.39. The molecule has 0 saturated heterocycles. The van der Waals surface area contributed by atoms with Crippen LogP contribution in [0.1, 0.15) is 29.3 Å². The number of rotatable bonds is 10. The topological polar surface area (TPSA) is 113 Å². The number of hydrogen-bond donors (Lipinski definition) is 3. The third kappa shape index (κ3) is 8.11. The Labute approximate surface area is 231 Å². The van der Waals surface area contributed by atoms with Crippen molar-refractivity contribution in [3.8, 4) is 0 Å². The Morgan fingerprint density at radius 1 is 0.846 bits per heavy atom.